The summed E-state index contributed by atoms with van der Waals surface area (Å²) in [6, 6.07) is 11.1. The van der Waals surface area contributed by atoms with Gasteiger partial charge in [0.25, 0.3) is 0 Å². The fraction of sp³-hybridized carbons (Fsp3) is 0.267. The molecule has 0 aliphatic rings. The monoisotopic (exact) mass is 286 g/mol. The van der Waals surface area contributed by atoms with E-state index in [0.29, 0.717) is 12.4 Å². The number of para-hydroxylation sites is 1. The predicted octanol–water partition coefficient (Wildman–Crippen LogP) is 1.87. The van der Waals surface area contributed by atoms with Crippen LogP contribution in [0, 0.1) is 0 Å². The van der Waals surface area contributed by atoms with Crippen LogP contribution >= 0.6 is 0 Å². The molecule has 0 atom stereocenters. The Hall–Kier alpha value is -2.63. The number of carbonyl (C=O) groups excluding carboxylic acids is 1. The number of esters is 1. The van der Waals surface area contributed by atoms with Crippen molar-refractivity contribution < 1.29 is 9.53 Å². The molecule has 1 aromatic carbocycles. The van der Waals surface area contributed by atoms with E-state index in [0.717, 1.165) is 17.8 Å². The number of methoxy groups -OCH3 is 1. The van der Waals surface area contributed by atoms with Crippen molar-refractivity contribution in [3.05, 3.63) is 47.7 Å². The van der Waals surface area contributed by atoms with Gasteiger partial charge < -0.3 is 15.4 Å². The Morgan fingerprint density at radius 1 is 1.24 bits per heavy atom. The minimum absolute atomic E-state index is 0.191. The number of nitrogens with zero attached hydrogens (tertiary/aromatic N) is 3. The number of anilines is 2. The average molecular weight is 286 g/mol. The smallest absolute Gasteiger partial charge is 0.358 e. The van der Waals surface area contributed by atoms with Crippen LogP contribution in [0.15, 0.2) is 36.4 Å². The third-order valence-corrected chi connectivity index (χ3v) is 3.17. The Labute approximate surface area is 123 Å². The minimum Gasteiger partial charge on any atom is -0.464 e. The molecule has 1 heterocycles. The summed E-state index contributed by atoms with van der Waals surface area (Å²) < 4.78 is 4.60. The van der Waals surface area contributed by atoms with Gasteiger partial charge in [-0.15, -0.1) is 10.2 Å². The molecule has 0 saturated heterocycles. The standard InChI is InChI=1S/C15H18N4O2/c1-3-19(10-11-6-4-5-7-12(11)16)14-9-8-13(17-18-14)15(20)21-2/h4-9H,3,10,16H2,1-2H3. The van der Waals surface area contributed by atoms with E-state index >= 15 is 0 Å². The summed E-state index contributed by atoms with van der Waals surface area (Å²) in [7, 11) is 1.31. The van der Waals surface area contributed by atoms with Gasteiger partial charge >= 0.3 is 5.97 Å². The second kappa shape index (κ2) is 6.69. The SMILES string of the molecule is CCN(Cc1ccccc1N)c1ccc(C(=O)OC)nn1. The summed E-state index contributed by atoms with van der Waals surface area (Å²) in [4.78, 5) is 13.4. The molecule has 6 heteroatoms. The molecule has 0 radical (unpaired) electrons. The molecule has 0 spiro atoms. The number of nitrogen functional groups attached to an aromatic ring is 1. The first kappa shape index (κ1) is 14.8. The number of carbonyl (C=O) groups is 1. The van der Waals surface area contributed by atoms with Gasteiger partial charge in [0.1, 0.15) is 0 Å². The summed E-state index contributed by atoms with van der Waals surface area (Å²) in [5.41, 5.74) is 7.92. The van der Waals surface area contributed by atoms with Crippen molar-refractivity contribution in [3.8, 4) is 0 Å². The van der Waals surface area contributed by atoms with Gasteiger partial charge in [-0.2, -0.15) is 0 Å². The molecule has 0 bridgehead atoms. The van der Waals surface area contributed by atoms with Gasteiger partial charge in [0.2, 0.25) is 0 Å². The van der Waals surface area contributed by atoms with Crippen molar-refractivity contribution >= 4 is 17.5 Å². The van der Waals surface area contributed by atoms with Gasteiger partial charge in [-0.1, -0.05) is 18.2 Å². The fourth-order valence-corrected chi connectivity index (χ4v) is 1.95. The number of rotatable bonds is 5. The lowest BCUT2D eigenvalue weighted by Crippen LogP contribution is -2.24. The number of benzene rings is 1. The van der Waals surface area contributed by atoms with Crippen molar-refractivity contribution in [2.24, 2.45) is 0 Å². The minimum atomic E-state index is -0.496. The van der Waals surface area contributed by atoms with Crippen molar-refractivity contribution in [3.63, 3.8) is 0 Å². The molecule has 2 rings (SSSR count). The predicted molar refractivity (Wildman–Crippen MR) is 80.9 cm³/mol. The number of hydrogen-bond donors (Lipinski definition) is 1. The van der Waals surface area contributed by atoms with Crippen LogP contribution in [0.1, 0.15) is 23.0 Å². The first-order chi connectivity index (χ1) is 10.2. The van der Waals surface area contributed by atoms with Crippen molar-refractivity contribution in [1.29, 1.82) is 0 Å². The lowest BCUT2D eigenvalue weighted by atomic mass is 10.1. The summed E-state index contributed by atoms with van der Waals surface area (Å²) in [6.07, 6.45) is 0. The maximum Gasteiger partial charge on any atom is 0.358 e. The molecule has 0 aliphatic carbocycles. The van der Waals surface area contributed by atoms with E-state index in [4.69, 9.17) is 5.73 Å². The maximum atomic E-state index is 11.3. The number of hydrogen-bond acceptors (Lipinski definition) is 6. The lowest BCUT2D eigenvalue weighted by molar-refractivity contribution is 0.0592. The molecule has 6 nitrogen and oxygen atoms in total. The summed E-state index contributed by atoms with van der Waals surface area (Å²) in [5, 5.41) is 7.96. The Morgan fingerprint density at radius 3 is 2.57 bits per heavy atom. The van der Waals surface area contributed by atoms with Crippen LogP contribution in [0.25, 0.3) is 0 Å². The van der Waals surface area contributed by atoms with E-state index in [1.54, 1.807) is 12.1 Å². The normalized spacial score (nSPS) is 10.2. The van der Waals surface area contributed by atoms with Crippen LogP contribution in [0.5, 0.6) is 0 Å². The van der Waals surface area contributed by atoms with E-state index in [1.165, 1.54) is 7.11 Å². The molecule has 0 amide bonds. The van der Waals surface area contributed by atoms with Gasteiger partial charge in [0.05, 0.1) is 7.11 Å². The molecule has 110 valence electrons. The lowest BCUT2D eigenvalue weighted by Gasteiger charge is -2.22. The summed E-state index contributed by atoms with van der Waals surface area (Å²) in [5.74, 6) is 0.192. The first-order valence-corrected chi connectivity index (χ1v) is 6.66. The molecule has 0 unspecified atom stereocenters. The fourth-order valence-electron chi connectivity index (χ4n) is 1.95. The number of nitrogens with two attached hydrogens (primary N) is 1. The van der Waals surface area contributed by atoms with Crippen LogP contribution in [0.4, 0.5) is 11.5 Å². The maximum absolute atomic E-state index is 11.3. The molecule has 0 fully saturated rings. The third kappa shape index (κ3) is 3.47. The molecule has 2 aromatic rings. The van der Waals surface area contributed by atoms with E-state index in [2.05, 4.69) is 14.9 Å². The van der Waals surface area contributed by atoms with Crippen LogP contribution < -0.4 is 10.6 Å². The molecule has 1 aromatic heterocycles. The highest BCUT2D eigenvalue weighted by atomic mass is 16.5. The topological polar surface area (TPSA) is 81.3 Å². The summed E-state index contributed by atoms with van der Waals surface area (Å²) in [6.45, 7) is 3.41. The molecule has 0 aliphatic heterocycles. The molecular weight excluding hydrogens is 268 g/mol. The second-order valence-corrected chi connectivity index (χ2v) is 4.48. The molecule has 0 saturated carbocycles. The number of ether oxygens (including phenoxy) is 1. The van der Waals surface area contributed by atoms with Gasteiger partial charge in [-0.05, 0) is 30.7 Å². The van der Waals surface area contributed by atoms with Gasteiger partial charge in [-0.25, -0.2) is 4.79 Å². The molecule has 21 heavy (non-hydrogen) atoms. The van der Waals surface area contributed by atoms with Crippen LogP contribution in [0.2, 0.25) is 0 Å². The molecular formula is C15H18N4O2. The zero-order valence-electron chi connectivity index (χ0n) is 12.1. The Morgan fingerprint density at radius 2 is 2.00 bits per heavy atom. The zero-order chi connectivity index (χ0) is 15.2. The van der Waals surface area contributed by atoms with Crippen LogP contribution in [-0.4, -0.2) is 29.8 Å². The van der Waals surface area contributed by atoms with E-state index in [9.17, 15) is 4.79 Å². The van der Waals surface area contributed by atoms with Crippen molar-refractivity contribution in [2.45, 2.75) is 13.5 Å². The highest BCUT2D eigenvalue weighted by Gasteiger charge is 2.12. The van der Waals surface area contributed by atoms with Crippen molar-refractivity contribution in [1.82, 2.24) is 10.2 Å². The quantitative estimate of drug-likeness (QED) is 0.667. The Kier molecular flexibility index (Phi) is 4.71. The van der Waals surface area contributed by atoms with Gasteiger partial charge in [-0.3, -0.25) is 0 Å². The number of aromatic nitrogens is 2. The van der Waals surface area contributed by atoms with E-state index < -0.39 is 5.97 Å². The zero-order valence-corrected chi connectivity index (χ0v) is 12.1. The Bertz CT molecular complexity index is 613. The van der Waals surface area contributed by atoms with Crippen molar-refractivity contribution in [2.75, 3.05) is 24.3 Å². The third-order valence-electron chi connectivity index (χ3n) is 3.17. The van der Waals surface area contributed by atoms with E-state index in [-0.39, 0.29) is 5.69 Å². The summed E-state index contributed by atoms with van der Waals surface area (Å²) >= 11 is 0. The van der Waals surface area contributed by atoms with E-state index in [1.807, 2.05) is 36.1 Å². The Balaban J connectivity index is 2.18. The van der Waals surface area contributed by atoms with Gasteiger partial charge in [0, 0.05) is 18.8 Å². The highest BCUT2D eigenvalue weighted by molar-refractivity contribution is 5.86. The highest BCUT2D eigenvalue weighted by Crippen LogP contribution is 2.17. The first-order valence-electron chi connectivity index (χ1n) is 6.66. The average Bonchev–Trinajstić information content (AvgIpc) is 2.53. The molecule has 2 N–H and O–H groups in total. The second-order valence-electron chi connectivity index (χ2n) is 4.48. The van der Waals surface area contributed by atoms with Crippen LogP contribution in [-0.2, 0) is 11.3 Å². The van der Waals surface area contributed by atoms with Crippen LogP contribution in [0.3, 0.4) is 0 Å². The largest absolute Gasteiger partial charge is 0.464 e. The van der Waals surface area contributed by atoms with Gasteiger partial charge in [0.15, 0.2) is 11.5 Å².